The fourth-order valence-corrected chi connectivity index (χ4v) is 1.61. The topological polar surface area (TPSA) is 44.5 Å². The van der Waals surface area contributed by atoms with E-state index in [1.807, 2.05) is 0 Å². The molecular formula is C12H17ClFNO2. The SMILES string of the molecule is COCCOCC(N)Cc1cc(Cl)ccc1F. The van der Waals surface area contributed by atoms with Gasteiger partial charge in [-0.3, -0.25) is 0 Å². The Labute approximate surface area is 106 Å². The van der Waals surface area contributed by atoms with Gasteiger partial charge in [0.2, 0.25) is 0 Å². The number of nitrogens with two attached hydrogens (primary N) is 1. The molecular weight excluding hydrogens is 245 g/mol. The Morgan fingerprint density at radius 3 is 2.88 bits per heavy atom. The molecule has 1 rings (SSSR count). The van der Waals surface area contributed by atoms with Gasteiger partial charge in [0.25, 0.3) is 0 Å². The largest absolute Gasteiger partial charge is 0.382 e. The summed E-state index contributed by atoms with van der Waals surface area (Å²) in [5, 5.41) is 0.508. The molecule has 1 aromatic carbocycles. The van der Waals surface area contributed by atoms with E-state index in [-0.39, 0.29) is 11.9 Å². The van der Waals surface area contributed by atoms with Gasteiger partial charge in [-0.25, -0.2) is 4.39 Å². The van der Waals surface area contributed by atoms with E-state index in [1.54, 1.807) is 13.2 Å². The smallest absolute Gasteiger partial charge is 0.126 e. The molecule has 5 heteroatoms. The van der Waals surface area contributed by atoms with Crippen LogP contribution in [0.4, 0.5) is 4.39 Å². The van der Waals surface area contributed by atoms with Crippen molar-refractivity contribution < 1.29 is 13.9 Å². The minimum Gasteiger partial charge on any atom is -0.382 e. The Balaban J connectivity index is 2.39. The molecule has 3 nitrogen and oxygen atoms in total. The summed E-state index contributed by atoms with van der Waals surface area (Å²) >= 11 is 5.79. The number of rotatable bonds is 7. The van der Waals surface area contributed by atoms with Crippen LogP contribution in [0.3, 0.4) is 0 Å². The van der Waals surface area contributed by atoms with Crippen LogP contribution in [0.2, 0.25) is 5.02 Å². The molecule has 96 valence electrons. The zero-order chi connectivity index (χ0) is 12.7. The van der Waals surface area contributed by atoms with Crippen LogP contribution in [0.5, 0.6) is 0 Å². The lowest BCUT2D eigenvalue weighted by molar-refractivity contribution is 0.0636. The first kappa shape index (κ1) is 14.4. The average Bonchev–Trinajstić information content (AvgIpc) is 2.29. The van der Waals surface area contributed by atoms with Crippen molar-refractivity contribution in [1.82, 2.24) is 0 Å². The fraction of sp³-hybridized carbons (Fsp3) is 0.500. The third kappa shape index (κ3) is 5.46. The summed E-state index contributed by atoms with van der Waals surface area (Å²) in [7, 11) is 1.60. The van der Waals surface area contributed by atoms with Crippen LogP contribution in [0, 0.1) is 5.82 Å². The predicted octanol–water partition coefficient (Wildman–Crippen LogP) is 2.01. The van der Waals surface area contributed by atoms with Crippen LogP contribution >= 0.6 is 11.6 Å². The quantitative estimate of drug-likeness (QED) is 0.764. The van der Waals surface area contributed by atoms with E-state index in [2.05, 4.69) is 0 Å². The van der Waals surface area contributed by atoms with Crippen molar-refractivity contribution in [1.29, 1.82) is 0 Å². The molecule has 0 aliphatic rings. The van der Waals surface area contributed by atoms with Crippen molar-refractivity contribution >= 4 is 11.6 Å². The number of hydrogen-bond acceptors (Lipinski definition) is 3. The highest BCUT2D eigenvalue weighted by Crippen LogP contribution is 2.16. The Bertz CT molecular complexity index is 349. The minimum atomic E-state index is -0.290. The third-order valence-electron chi connectivity index (χ3n) is 2.25. The summed E-state index contributed by atoms with van der Waals surface area (Å²) in [5.41, 5.74) is 6.35. The zero-order valence-electron chi connectivity index (χ0n) is 9.79. The second-order valence-corrected chi connectivity index (χ2v) is 4.20. The van der Waals surface area contributed by atoms with Gasteiger partial charge in [-0.05, 0) is 30.2 Å². The normalized spacial score (nSPS) is 12.7. The predicted molar refractivity (Wildman–Crippen MR) is 65.8 cm³/mol. The first-order valence-electron chi connectivity index (χ1n) is 5.39. The van der Waals surface area contributed by atoms with E-state index in [1.165, 1.54) is 12.1 Å². The van der Waals surface area contributed by atoms with E-state index in [4.69, 9.17) is 26.8 Å². The lowest BCUT2D eigenvalue weighted by Crippen LogP contribution is -2.29. The maximum atomic E-state index is 13.4. The van der Waals surface area contributed by atoms with Gasteiger partial charge in [0.15, 0.2) is 0 Å². The number of halogens is 2. The van der Waals surface area contributed by atoms with Crippen molar-refractivity contribution in [2.75, 3.05) is 26.9 Å². The molecule has 0 spiro atoms. The third-order valence-corrected chi connectivity index (χ3v) is 2.49. The van der Waals surface area contributed by atoms with Crippen molar-refractivity contribution in [3.05, 3.63) is 34.6 Å². The Hall–Kier alpha value is -0.680. The van der Waals surface area contributed by atoms with Crippen LogP contribution in [-0.2, 0) is 15.9 Å². The van der Waals surface area contributed by atoms with E-state index in [9.17, 15) is 4.39 Å². The Kier molecular flexibility index (Phi) is 6.44. The summed E-state index contributed by atoms with van der Waals surface area (Å²) < 4.78 is 23.5. The zero-order valence-corrected chi connectivity index (χ0v) is 10.5. The van der Waals surface area contributed by atoms with Crippen LogP contribution < -0.4 is 5.73 Å². The Morgan fingerprint density at radius 2 is 2.18 bits per heavy atom. The molecule has 1 unspecified atom stereocenters. The second kappa shape index (κ2) is 7.61. The maximum absolute atomic E-state index is 13.4. The number of methoxy groups -OCH3 is 1. The van der Waals surface area contributed by atoms with Gasteiger partial charge in [-0.2, -0.15) is 0 Å². The lowest BCUT2D eigenvalue weighted by atomic mass is 10.1. The highest BCUT2D eigenvalue weighted by atomic mass is 35.5. The molecule has 0 saturated carbocycles. The fourth-order valence-electron chi connectivity index (χ4n) is 1.42. The molecule has 0 radical (unpaired) electrons. The van der Waals surface area contributed by atoms with Crippen LogP contribution in [0.15, 0.2) is 18.2 Å². The van der Waals surface area contributed by atoms with Crippen LogP contribution in [0.25, 0.3) is 0 Å². The average molecular weight is 262 g/mol. The highest BCUT2D eigenvalue weighted by Gasteiger charge is 2.09. The summed E-state index contributed by atoms with van der Waals surface area (Å²) in [4.78, 5) is 0. The summed E-state index contributed by atoms with van der Waals surface area (Å²) in [6, 6.07) is 4.20. The minimum absolute atomic E-state index is 0.250. The first-order chi connectivity index (χ1) is 8.13. The van der Waals surface area contributed by atoms with Gasteiger partial charge in [-0.1, -0.05) is 11.6 Å². The molecule has 0 aliphatic carbocycles. The molecule has 17 heavy (non-hydrogen) atoms. The lowest BCUT2D eigenvalue weighted by Gasteiger charge is -2.12. The van der Waals surface area contributed by atoms with Gasteiger partial charge in [-0.15, -0.1) is 0 Å². The van der Waals surface area contributed by atoms with Crippen molar-refractivity contribution in [3.8, 4) is 0 Å². The summed E-state index contributed by atoms with van der Waals surface area (Å²) in [6.45, 7) is 1.38. The summed E-state index contributed by atoms with van der Waals surface area (Å²) in [6.07, 6.45) is 0.402. The van der Waals surface area contributed by atoms with E-state index < -0.39 is 0 Å². The molecule has 0 aliphatic heterocycles. The second-order valence-electron chi connectivity index (χ2n) is 3.77. The monoisotopic (exact) mass is 261 g/mol. The van der Waals surface area contributed by atoms with E-state index >= 15 is 0 Å². The molecule has 0 aromatic heterocycles. The maximum Gasteiger partial charge on any atom is 0.126 e. The van der Waals surface area contributed by atoms with E-state index in [0.717, 1.165) is 0 Å². The van der Waals surface area contributed by atoms with Gasteiger partial charge < -0.3 is 15.2 Å². The molecule has 0 amide bonds. The summed E-state index contributed by atoms with van der Waals surface area (Å²) in [5.74, 6) is -0.290. The standard InChI is InChI=1S/C12H17ClFNO2/c1-16-4-5-17-8-11(15)7-9-6-10(13)2-3-12(9)14/h2-3,6,11H,4-5,7-8,15H2,1H3. The number of ether oxygens (including phenoxy) is 2. The first-order valence-corrected chi connectivity index (χ1v) is 5.77. The molecule has 0 saturated heterocycles. The molecule has 1 aromatic rings. The molecule has 0 bridgehead atoms. The highest BCUT2D eigenvalue weighted by molar-refractivity contribution is 6.30. The van der Waals surface area contributed by atoms with Gasteiger partial charge in [0, 0.05) is 18.2 Å². The van der Waals surface area contributed by atoms with E-state index in [0.29, 0.717) is 36.8 Å². The van der Waals surface area contributed by atoms with Gasteiger partial charge >= 0.3 is 0 Å². The van der Waals surface area contributed by atoms with Gasteiger partial charge in [0.05, 0.1) is 19.8 Å². The Morgan fingerprint density at radius 1 is 1.41 bits per heavy atom. The van der Waals surface area contributed by atoms with Crippen LogP contribution in [-0.4, -0.2) is 33.0 Å². The molecule has 2 N–H and O–H groups in total. The molecule has 0 fully saturated rings. The molecule has 1 atom stereocenters. The van der Waals surface area contributed by atoms with Crippen molar-refractivity contribution in [2.45, 2.75) is 12.5 Å². The van der Waals surface area contributed by atoms with Crippen LogP contribution in [0.1, 0.15) is 5.56 Å². The van der Waals surface area contributed by atoms with Crippen molar-refractivity contribution in [2.24, 2.45) is 5.73 Å². The molecule has 0 heterocycles. The number of benzene rings is 1. The van der Waals surface area contributed by atoms with Gasteiger partial charge in [0.1, 0.15) is 5.82 Å². The number of hydrogen-bond donors (Lipinski definition) is 1. The van der Waals surface area contributed by atoms with Crippen molar-refractivity contribution in [3.63, 3.8) is 0 Å².